The molecule has 1 heterocycles. The van der Waals surface area contributed by atoms with Crippen molar-refractivity contribution in [2.75, 3.05) is 44.7 Å². The quantitative estimate of drug-likeness (QED) is 0.785. The molecule has 1 aliphatic rings. The molecule has 0 aliphatic carbocycles. The van der Waals surface area contributed by atoms with E-state index in [1.54, 1.807) is 6.26 Å². The molecule has 5 nitrogen and oxygen atoms in total. The Labute approximate surface area is 141 Å². The highest BCUT2D eigenvalue weighted by Crippen LogP contribution is 2.07. The SMILES string of the molecule is CS(=O)C[C@H](N)C(=O)N1CCN(CCCc2ccccc2)CC1. The molecule has 1 aromatic carbocycles. The summed E-state index contributed by atoms with van der Waals surface area (Å²) in [6.07, 6.45) is 3.80. The number of carbonyl (C=O) groups excluding carboxylic acids is 1. The Kier molecular flexibility index (Phi) is 7.20. The summed E-state index contributed by atoms with van der Waals surface area (Å²) in [7, 11) is -1.03. The van der Waals surface area contributed by atoms with Crippen LogP contribution in [0.25, 0.3) is 0 Å². The van der Waals surface area contributed by atoms with Crippen molar-refractivity contribution in [3.8, 4) is 0 Å². The zero-order valence-corrected chi connectivity index (χ0v) is 14.6. The van der Waals surface area contributed by atoms with Gasteiger partial charge in [-0.15, -0.1) is 0 Å². The first-order valence-electron chi connectivity index (χ1n) is 8.17. The molecule has 1 saturated heterocycles. The lowest BCUT2D eigenvalue weighted by molar-refractivity contribution is -0.133. The Morgan fingerprint density at radius 3 is 2.48 bits per heavy atom. The van der Waals surface area contributed by atoms with E-state index in [0.717, 1.165) is 32.5 Å². The minimum atomic E-state index is -1.03. The van der Waals surface area contributed by atoms with Crippen molar-refractivity contribution in [1.82, 2.24) is 9.80 Å². The van der Waals surface area contributed by atoms with Gasteiger partial charge in [-0.2, -0.15) is 0 Å². The normalized spacial score (nSPS) is 18.6. The van der Waals surface area contributed by atoms with E-state index in [4.69, 9.17) is 5.73 Å². The third-order valence-electron chi connectivity index (χ3n) is 4.20. The topological polar surface area (TPSA) is 66.6 Å². The van der Waals surface area contributed by atoms with Crippen LogP contribution >= 0.6 is 0 Å². The van der Waals surface area contributed by atoms with Gasteiger partial charge in [-0.1, -0.05) is 30.3 Å². The van der Waals surface area contributed by atoms with Crippen LogP contribution in [0.15, 0.2) is 30.3 Å². The summed E-state index contributed by atoms with van der Waals surface area (Å²) in [6.45, 7) is 4.27. The first-order valence-corrected chi connectivity index (χ1v) is 9.89. The van der Waals surface area contributed by atoms with E-state index in [1.165, 1.54) is 5.56 Å². The predicted octanol–water partition coefficient (Wildman–Crippen LogP) is 0.469. The number of hydrogen-bond donors (Lipinski definition) is 1. The van der Waals surface area contributed by atoms with E-state index in [0.29, 0.717) is 13.1 Å². The summed E-state index contributed by atoms with van der Waals surface area (Å²) in [5, 5.41) is 0. The van der Waals surface area contributed by atoms with Gasteiger partial charge in [-0.25, -0.2) is 0 Å². The molecule has 1 amide bonds. The minimum absolute atomic E-state index is 0.0656. The van der Waals surface area contributed by atoms with Crippen LogP contribution in [0.1, 0.15) is 12.0 Å². The van der Waals surface area contributed by atoms with Gasteiger partial charge in [-0.05, 0) is 24.9 Å². The molecular formula is C17H27N3O2S. The van der Waals surface area contributed by atoms with Crippen molar-refractivity contribution in [2.45, 2.75) is 18.9 Å². The fraction of sp³-hybridized carbons (Fsp3) is 0.588. The fourth-order valence-corrected chi connectivity index (χ4v) is 3.55. The molecule has 1 aromatic rings. The molecule has 2 rings (SSSR count). The maximum atomic E-state index is 12.2. The maximum Gasteiger partial charge on any atom is 0.240 e. The lowest BCUT2D eigenvalue weighted by Gasteiger charge is -2.35. The fourth-order valence-electron chi connectivity index (χ4n) is 2.90. The third-order valence-corrected chi connectivity index (χ3v) is 5.03. The van der Waals surface area contributed by atoms with Crippen molar-refractivity contribution < 1.29 is 9.00 Å². The van der Waals surface area contributed by atoms with Gasteiger partial charge < -0.3 is 10.6 Å². The highest BCUT2D eigenvalue weighted by molar-refractivity contribution is 7.84. The molecule has 2 atom stereocenters. The van der Waals surface area contributed by atoms with Crippen LogP contribution in [0, 0.1) is 0 Å². The molecular weight excluding hydrogens is 310 g/mol. The van der Waals surface area contributed by atoms with Crippen molar-refractivity contribution >= 4 is 16.7 Å². The molecule has 23 heavy (non-hydrogen) atoms. The molecule has 6 heteroatoms. The highest BCUT2D eigenvalue weighted by atomic mass is 32.2. The molecule has 0 radical (unpaired) electrons. The lowest BCUT2D eigenvalue weighted by Crippen LogP contribution is -2.54. The molecule has 128 valence electrons. The Hall–Kier alpha value is -1.24. The number of benzene rings is 1. The molecule has 0 spiro atoms. The van der Waals surface area contributed by atoms with Gasteiger partial charge in [0.15, 0.2) is 0 Å². The van der Waals surface area contributed by atoms with Crippen LogP contribution in [0.3, 0.4) is 0 Å². The Morgan fingerprint density at radius 1 is 1.22 bits per heavy atom. The molecule has 1 unspecified atom stereocenters. The number of amides is 1. The first-order chi connectivity index (χ1) is 11.1. The van der Waals surface area contributed by atoms with Crippen LogP contribution in [-0.2, 0) is 22.0 Å². The summed E-state index contributed by atoms with van der Waals surface area (Å²) in [4.78, 5) is 16.4. The zero-order chi connectivity index (χ0) is 16.7. The minimum Gasteiger partial charge on any atom is -0.339 e. The molecule has 1 fully saturated rings. The van der Waals surface area contributed by atoms with Gasteiger partial charge in [0.1, 0.15) is 0 Å². The molecule has 0 aromatic heterocycles. The van der Waals surface area contributed by atoms with Crippen molar-refractivity contribution in [3.05, 3.63) is 35.9 Å². The number of nitrogens with two attached hydrogens (primary N) is 1. The molecule has 0 saturated carbocycles. The van der Waals surface area contributed by atoms with Crippen molar-refractivity contribution in [2.24, 2.45) is 5.73 Å². The third kappa shape index (κ3) is 6.05. The molecule has 0 bridgehead atoms. The lowest BCUT2D eigenvalue weighted by atomic mass is 10.1. The Balaban J connectivity index is 1.67. The maximum absolute atomic E-state index is 12.2. The molecule has 1 aliphatic heterocycles. The monoisotopic (exact) mass is 337 g/mol. The van der Waals surface area contributed by atoms with E-state index in [1.807, 2.05) is 11.0 Å². The second kappa shape index (κ2) is 9.15. The number of rotatable bonds is 7. The van der Waals surface area contributed by atoms with E-state index in [2.05, 4.69) is 29.2 Å². The first kappa shape index (κ1) is 18.1. The average Bonchev–Trinajstić information content (AvgIpc) is 2.55. The summed E-state index contributed by atoms with van der Waals surface area (Å²) >= 11 is 0. The van der Waals surface area contributed by atoms with Gasteiger partial charge in [0, 0.05) is 49.0 Å². The van der Waals surface area contributed by atoms with Crippen LogP contribution in [-0.4, -0.2) is 70.7 Å². The Morgan fingerprint density at radius 2 is 1.87 bits per heavy atom. The summed E-state index contributed by atoms with van der Waals surface area (Å²) in [5.41, 5.74) is 7.21. The highest BCUT2D eigenvalue weighted by Gasteiger charge is 2.25. The van der Waals surface area contributed by atoms with Gasteiger partial charge in [0.05, 0.1) is 6.04 Å². The van der Waals surface area contributed by atoms with E-state index in [9.17, 15) is 9.00 Å². The van der Waals surface area contributed by atoms with Gasteiger partial charge in [0.2, 0.25) is 5.91 Å². The summed E-state index contributed by atoms with van der Waals surface area (Å²) < 4.78 is 11.2. The number of carbonyl (C=O) groups is 1. The summed E-state index contributed by atoms with van der Waals surface area (Å²) in [6, 6.07) is 9.88. The number of aryl methyl sites for hydroxylation is 1. The largest absolute Gasteiger partial charge is 0.339 e. The second-order valence-corrected chi connectivity index (χ2v) is 7.58. The van der Waals surface area contributed by atoms with Crippen LogP contribution < -0.4 is 5.73 Å². The average molecular weight is 337 g/mol. The smallest absolute Gasteiger partial charge is 0.240 e. The van der Waals surface area contributed by atoms with E-state index in [-0.39, 0.29) is 11.7 Å². The van der Waals surface area contributed by atoms with Gasteiger partial charge in [0.25, 0.3) is 0 Å². The zero-order valence-electron chi connectivity index (χ0n) is 13.8. The molecule has 2 N–H and O–H groups in total. The van der Waals surface area contributed by atoms with E-state index >= 15 is 0 Å². The van der Waals surface area contributed by atoms with Gasteiger partial charge >= 0.3 is 0 Å². The standard InChI is InChI=1S/C17H27N3O2S/c1-23(22)14-16(18)17(21)20-12-10-19(11-13-20)9-5-8-15-6-3-2-4-7-15/h2-4,6-7,16H,5,8-14,18H2,1H3/t16-,23?/m0/s1. The number of piperazine rings is 1. The van der Waals surface area contributed by atoms with Crippen molar-refractivity contribution in [3.63, 3.8) is 0 Å². The Bertz CT molecular complexity index is 516. The van der Waals surface area contributed by atoms with Crippen LogP contribution in [0.5, 0.6) is 0 Å². The number of nitrogens with zero attached hydrogens (tertiary/aromatic N) is 2. The second-order valence-electron chi connectivity index (χ2n) is 6.10. The van der Waals surface area contributed by atoms with Crippen molar-refractivity contribution in [1.29, 1.82) is 0 Å². The predicted molar refractivity (Wildman–Crippen MR) is 94.7 cm³/mol. The van der Waals surface area contributed by atoms with Crippen LogP contribution in [0.2, 0.25) is 0 Å². The number of hydrogen-bond acceptors (Lipinski definition) is 4. The van der Waals surface area contributed by atoms with Crippen LogP contribution in [0.4, 0.5) is 0 Å². The van der Waals surface area contributed by atoms with Gasteiger partial charge in [-0.3, -0.25) is 13.9 Å². The van der Waals surface area contributed by atoms with E-state index < -0.39 is 16.8 Å². The summed E-state index contributed by atoms with van der Waals surface area (Å²) in [5.74, 6) is 0.181.